The third-order valence-corrected chi connectivity index (χ3v) is 4.46. The summed E-state index contributed by atoms with van der Waals surface area (Å²) in [7, 11) is -3.90. The molecule has 5 nitrogen and oxygen atoms in total. The minimum absolute atomic E-state index is 0.146. The molecule has 1 fully saturated rings. The summed E-state index contributed by atoms with van der Waals surface area (Å²) in [6.07, 6.45) is 2.67. The molecule has 0 saturated carbocycles. The Hall–Kier alpha value is -1.18. The normalized spacial score (nSPS) is 20.4. The zero-order valence-corrected chi connectivity index (χ0v) is 11.2. The van der Waals surface area contributed by atoms with Gasteiger partial charge in [-0.05, 0) is 37.5 Å². The van der Waals surface area contributed by atoms with Crippen molar-refractivity contribution in [2.45, 2.75) is 30.3 Å². The van der Waals surface area contributed by atoms with E-state index in [1.54, 1.807) is 0 Å². The molecule has 1 heterocycles. The highest BCUT2D eigenvalue weighted by molar-refractivity contribution is 7.89. The van der Waals surface area contributed by atoms with Gasteiger partial charge in [0.25, 0.3) is 0 Å². The molecule has 106 valence electrons. The van der Waals surface area contributed by atoms with E-state index in [1.165, 1.54) is 6.07 Å². The smallest absolute Gasteiger partial charge is 0.243 e. The quantitative estimate of drug-likeness (QED) is 0.817. The minimum atomic E-state index is -3.90. The summed E-state index contributed by atoms with van der Waals surface area (Å²) >= 11 is 0. The fourth-order valence-corrected chi connectivity index (χ4v) is 3.15. The lowest BCUT2D eigenvalue weighted by Gasteiger charge is -2.22. The maximum atomic E-state index is 13.5. The van der Waals surface area contributed by atoms with E-state index < -0.39 is 20.7 Å². The fraction of sp³-hybridized carbons (Fsp3) is 0.500. The summed E-state index contributed by atoms with van der Waals surface area (Å²) in [5.74, 6) is -0.814. The molecule has 1 aliphatic heterocycles. The molecule has 1 aromatic carbocycles. The summed E-state index contributed by atoms with van der Waals surface area (Å²) in [6.45, 7) is 0.787. The number of nitrogens with one attached hydrogen (secondary N) is 1. The molecule has 1 aliphatic rings. The maximum Gasteiger partial charge on any atom is 0.243 e. The number of hydrogen-bond donors (Lipinski definition) is 2. The number of rotatable bonds is 4. The zero-order valence-electron chi connectivity index (χ0n) is 10.4. The summed E-state index contributed by atoms with van der Waals surface area (Å²) in [6, 6.07) is 3.47. The van der Waals surface area contributed by atoms with Crippen LogP contribution in [0.2, 0.25) is 0 Å². The first-order valence-corrected chi connectivity index (χ1v) is 7.63. The van der Waals surface area contributed by atoms with E-state index in [0.29, 0.717) is 6.61 Å². The van der Waals surface area contributed by atoms with Crippen LogP contribution in [0.25, 0.3) is 0 Å². The Morgan fingerprint density at radius 2 is 2.21 bits per heavy atom. The molecule has 0 aliphatic carbocycles. The molecule has 2 rings (SSSR count). The largest absolute Gasteiger partial charge is 0.399 e. The topological polar surface area (TPSA) is 81.4 Å². The Balaban J connectivity index is 2.07. The van der Waals surface area contributed by atoms with Gasteiger partial charge in [0.1, 0.15) is 10.7 Å². The maximum absolute atomic E-state index is 13.5. The Morgan fingerprint density at radius 3 is 2.89 bits per heavy atom. The van der Waals surface area contributed by atoms with Gasteiger partial charge in [0, 0.05) is 18.8 Å². The third-order valence-electron chi connectivity index (χ3n) is 3.02. The number of ether oxygens (including phenoxy) is 1. The van der Waals surface area contributed by atoms with E-state index in [0.717, 1.165) is 31.4 Å². The first-order valence-electron chi connectivity index (χ1n) is 6.15. The van der Waals surface area contributed by atoms with Crippen LogP contribution in [-0.4, -0.2) is 27.7 Å². The number of nitrogen functional groups attached to an aromatic ring is 1. The average Bonchev–Trinajstić information content (AvgIpc) is 2.40. The molecule has 0 bridgehead atoms. The van der Waals surface area contributed by atoms with Crippen molar-refractivity contribution in [3.8, 4) is 0 Å². The van der Waals surface area contributed by atoms with Crippen molar-refractivity contribution < 1.29 is 17.5 Å². The first-order chi connectivity index (χ1) is 8.99. The molecule has 0 aromatic heterocycles. The van der Waals surface area contributed by atoms with Crippen molar-refractivity contribution in [1.82, 2.24) is 4.72 Å². The van der Waals surface area contributed by atoms with Gasteiger partial charge in [-0.25, -0.2) is 17.5 Å². The highest BCUT2D eigenvalue weighted by Gasteiger charge is 2.22. The molecule has 1 atom stereocenters. The average molecular weight is 288 g/mol. The van der Waals surface area contributed by atoms with Crippen LogP contribution in [-0.2, 0) is 14.8 Å². The van der Waals surface area contributed by atoms with Gasteiger partial charge in [0.15, 0.2) is 0 Å². The lowest BCUT2D eigenvalue weighted by Crippen LogP contribution is -2.35. The van der Waals surface area contributed by atoms with Gasteiger partial charge in [0.05, 0.1) is 6.10 Å². The fourth-order valence-electron chi connectivity index (χ4n) is 1.97. The van der Waals surface area contributed by atoms with Crippen molar-refractivity contribution in [3.63, 3.8) is 0 Å². The van der Waals surface area contributed by atoms with Crippen LogP contribution >= 0.6 is 0 Å². The molecule has 7 heteroatoms. The number of anilines is 1. The highest BCUT2D eigenvalue weighted by atomic mass is 32.2. The molecular formula is C12H17FN2O3S. The number of nitrogens with two attached hydrogens (primary N) is 1. The van der Waals surface area contributed by atoms with E-state index in [2.05, 4.69) is 4.72 Å². The minimum Gasteiger partial charge on any atom is -0.399 e. The molecule has 19 heavy (non-hydrogen) atoms. The van der Waals surface area contributed by atoms with Gasteiger partial charge in [-0.3, -0.25) is 0 Å². The lowest BCUT2D eigenvalue weighted by atomic mass is 10.1. The van der Waals surface area contributed by atoms with Crippen molar-refractivity contribution in [2.24, 2.45) is 0 Å². The van der Waals surface area contributed by atoms with Crippen molar-refractivity contribution >= 4 is 15.7 Å². The zero-order chi connectivity index (χ0) is 13.9. The lowest BCUT2D eigenvalue weighted by molar-refractivity contribution is 0.0200. The van der Waals surface area contributed by atoms with Crippen molar-refractivity contribution in [1.29, 1.82) is 0 Å². The van der Waals surface area contributed by atoms with Gasteiger partial charge < -0.3 is 10.5 Å². The van der Waals surface area contributed by atoms with E-state index >= 15 is 0 Å². The van der Waals surface area contributed by atoms with Gasteiger partial charge in [0.2, 0.25) is 10.0 Å². The highest BCUT2D eigenvalue weighted by Crippen LogP contribution is 2.18. The van der Waals surface area contributed by atoms with E-state index in [9.17, 15) is 12.8 Å². The van der Waals surface area contributed by atoms with Crippen LogP contribution in [0.15, 0.2) is 23.1 Å². The third kappa shape index (κ3) is 3.65. The van der Waals surface area contributed by atoms with Gasteiger partial charge in [-0.1, -0.05) is 0 Å². The Labute approximate surface area is 112 Å². The number of hydrogen-bond acceptors (Lipinski definition) is 4. The predicted octanol–water partition coefficient (Wildman–Crippen LogP) is 1.26. The monoisotopic (exact) mass is 288 g/mol. The SMILES string of the molecule is Nc1ccc(F)c(S(=O)(=O)NCC2CCCCO2)c1. The molecular weight excluding hydrogens is 271 g/mol. The first kappa shape index (κ1) is 14.2. The predicted molar refractivity (Wildman–Crippen MR) is 69.6 cm³/mol. The van der Waals surface area contributed by atoms with Gasteiger partial charge >= 0.3 is 0 Å². The molecule has 0 spiro atoms. The second kappa shape index (κ2) is 5.85. The summed E-state index contributed by atoms with van der Waals surface area (Å²) in [5.41, 5.74) is 5.68. The van der Waals surface area contributed by atoms with Crippen molar-refractivity contribution in [3.05, 3.63) is 24.0 Å². The Kier molecular flexibility index (Phi) is 4.38. The molecule has 1 unspecified atom stereocenters. The van der Waals surface area contributed by atoms with Gasteiger partial charge in [-0.15, -0.1) is 0 Å². The van der Waals surface area contributed by atoms with Crippen LogP contribution in [0.4, 0.5) is 10.1 Å². The molecule has 1 saturated heterocycles. The van der Waals surface area contributed by atoms with Crippen LogP contribution < -0.4 is 10.5 Å². The van der Waals surface area contributed by atoms with Crippen LogP contribution in [0.5, 0.6) is 0 Å². The van der Waals surface area contributed by atoms with Gasteiger partial charge in [-0.2, -0.15) is 0 Å². The molecule has 1 aromatic rings. The Morgan fingerprint density at radius 1 is 1.42 bits per heavy atom. The van der Waals surface area contributed by atoms with Crippen molar-refractivity contribution in [2.75, 3.05) is 18.9 Å². The van der Waals surface area contributed by atoms with E-state index in [1.807, 2.05) is 0 Å². The molecule has 3 N–H and O–H groups in total. The Bertz CT molecular complexity index is 542. The summed E-state index contributed by atoms with van der Waals surface area (Å²) < 4.78 is 45.3. The number of sulfonamides is 1. The molecule has 0 radical (unpaired) electrons. The van der Waals surface area contributed by atoms with Crippen LogP contribution in [0.3, 0.4) is 0 Å². The van der Waals surface area contributed by atoms with E-state index in [-0.39, 0.29) is 18.3 Å². The van der Waals surface area contributed by atoms with Crippen LogP contribution in [0.1, 0.15) is 19.3 Å². The second-order valence-corrected chi connectivity index (χ2v) is 6.27. The number of halogens is 1. The standard InChI is InChI=1S/C12H17FN2O3S/c13-11-5-4-9(14)7-12(11)19(16,17)15-8-10-3-1-2-6-18-10/h4-5,7,10,15H,1-3,6,8,14H2. The summed E-state index contributed by atoms with van der Waals surface area (Å²) in [5, 5.41) is 0. The number of benzene rings is 1. The van der Waals surface area contributed by atoms with E-state index in [4.69, 9.17) is 10.5 Å². The summed E-state index contributed by atoms with van der Waals surface area (Å²) in [4.78, 5) is -0.427. The van der Waals surface area contributed by atoms with Crippen LogP contribution in [0, 0.1) is 5.82 Å². The molecule has 0 amide bonds. The second-order valence-electron chi connectivity index (χ2n) is 4.53.